The monoisotopic (exact) mass is 413 g/mol. The minimum atomic E-state index is -0.267. The molecule has 3 heterocycles. The number of ether oxygens (including phenoxy) is 2. The predicted molar refractivity (Wildman–Crippen MR) is 110 cm³/mol. The second-order valence-corrected chi connectivity index (χ2v) is 7.87. The third-order valence-corrected chi connectivity index (χ3v) is 6.02. The third-order valence-electron chi connectivity index (χ3n) is 4.93. The van der Waals surface area contributed by atoms with E-state index in [4.69, 9.17) is 13.9 Å². The van der Waals surface area contributed by atoms with Crippen LogP contribution in [-0.2, 0) is 20.1 Å². The Hall–Kier alpha value is -2.51. The lowest BCUT2D eigenvalue weighted by Crippen LogP contribution is -2.37. The molecule has 1 aromatic heterocycles. The molecular weight excluding hydrogens is 390 g/mol. The van der Waals surface area contributed by atoms with Gasteiger partial charge in [0, 0.05) is 6.61 Å². The molecule has 1 fully saturated rings. The second kappa shape index (κ2) is 8.88. The summed E-state index contributed by atoms with van der Waals surface area (Å²) in [5, 5.41) is 0. The first-order valence-electron chi connectivity index (χ1n) is 9.78. The summed E-state index contributed by atoms with van der Waals surface area (Å²) >= 11 is 1.33. The van der Waals surface area contributed by atoms with Crippen molar-refractivity contribution < 1.29 is 23.5 Å². The zero-order chi connectivity index (χ0) is 20.2. The lowest BCUT2D eigenvalue weighted by molar-refractivity contribution is -0.138. The van der Waals surface area contributed by atoms with Crippen molar-refractivity contribution in [3.63, 3.8) is 0 Å². The average Bonchev–Trinajstić information content (AvgIpc) is 3.47. The molecule has 0 saturated carbocycles. The molecule has 1 unspecified atom stereocenters. The second-order valence-electron chi connectivity index (χ2n) is 6.89. The van der Waals surface area contributed by atoms with Gasteiger partial charge in [-0.25, -0.2) is 0 Å². The van der Waals surface area contributed by atoms with E-state index in [0.29, 0.717) is 41.6 Å². The SMILES string of the molecule is CCOc1ccc(C2=C(SCc3ccco3)C(=O)N(CC3CCCO3)C2=O)cc1. The van der Waals surface area contributed by atoms with Crippen LogP contribution in [0.2, 0.25) is 0 Å². The summed E-state index contributed by atoms with van der Waals surface area (Å²) in [6.45, 7) is 3.46. The Kier molecular flexibility index (Phi) is 6.06. The number of carbonyl (C=O) groups excluding carboxylic acids is 2. The number of benzene rings is 1. The Bertz CT molecular complexity index is 898. The molecule has 1 aromatic carbocycles. The Balaban J connectivity index is 1.62. The molecule has 0 N–H and O–H groups in total. The van der Waals surface area contributed by atoms with Gasteiger partial charge in [-0.1, -0.05) is 12.1 Å². The van der Waals surface area contributed by atoms with Crippen LogP contribution in [0.4, 0.5) is 0 Å². The number of imide groups is 1. The Labute approximate surface area is 173 Å². The Morgan fingerprint density at radius 1 is 1.17 bits per heavy atom. The van der Waals surface area contributed by atoms with Crippen molar-refractivity contribution in [1.29, 1.82) is 0 Å². The van der Waals surface area contributed by atoms with Crippen molar-refractivity contribution in [1.82, 2.24) is 4.90 Å². The number of furan rings is 1. The minimum Gasteiger partial charge on any atom is -0.494 e. The molecule has 4 rings (SSSR count). The molecule has 0 aliphatic carbocycles. The van der Waals surface area contributed by atoms with Gasteiger partial charge in [-0.15, -0.1) is 11.8 Å². The van der Waals surface area contributed by atoms with Crippen LogP contribution in [0.5, 0.6) is 5.75 Å². The molecular formula is C22H23NO5S. The van der Waals surface area contributed by atoms with E-state index in [-0.39, 0.29) is 17.9 Å². The molecule has 1 atom stereocenters. The summed E-state index contributed by atoms with van der Waals surface area (Å²) in [5.41, 5.74) is 1.15. The molecule has 152 valence electrons. The molecule has 2 aliphatic heterocycles. The lowest BCUT2D eigenvalue weighted by atomic mass is 10.1. The van der Waals surface area contributed by atoms with Gasteiger partial charge < -0.3 is 13.9 Å². The maximum Gasteiger partial charge on any atom is 0.268 e. The molecule has 0 radical (unpaired) electrons. The normalized spacial score (nSPS) is 19.5. The van der Waals surface area contributed by atoms with Gasteiger partial charge in [0.25, 0.3) is 11.8 Å². The summed E-state index contributed by atoms with van der Waals surface area (Å²) in [4.78, 5) is 28.1. The minimum absolute atomic E-state index is 0.0843. The molecule has 2 aromatic rings. The number of nitrogens with zero attached hydrogens (tertiary/aromatic N) is 1. The van der Waals surface area contributed by atoms with Gasteiger partial charge in [-0.05, 0) is 49.6 Å². The van der Waals surface area contributed by atoms with E-state index in [1.807, 2.05) is 43.3 Å². The van der Waals surface area contributed by atoms with E-state index >= 15 is 0 Å². The standard InChI is InChI=1S/C22H23NO5S/c1-2-26-16-9-7-15(8-10-16)19-20(29-14-18-6-4-12-28-18)22(25)23(21(19)24)13-17-5-3-11-27-17/h4,6-10,12,17H,2-3,5,11,13-14H2,1H3. The maximum absolute atomic E-state index is 13.2. The largest absolute Gasteiger partial charge is 0.494 e. The van der Waals surface area contributed by atoms with Crippen LogP contribution in [0.15, 0.2) is 52.0 Å². The van der Waals surface area contributed by atoms with Crippen molar-refractivity contribution in [2.45, 2.75) is 31.6 Å². The highest BCUT2D eigenvalue weighted by Gasteiger charge is 2.40. The van der Waals surface area contributed by atoms with Crippen LogP contribution in [0.25, 0.3) is 5.57 Å². The van der Waals surface area contributed by atoms with Crippen LogP contribution < -0.4 is 4.74 Å². The number of rotatable bonds is 8. The fourth-order valence-electron chi connectivity index (χ4n) is 3.52. The third kappa shape index (κ3) is 4.26. The molecule has 2 amide bonds. The van der Waals surface area contributed by atoms with Crippen LogP contribution in [-0.4, -0.2) is 42.6 Å². The van der Waals surface area contributed by atoms with E-state index in [1.165, 1.54) is 16.7 Å². The summed E-state index contributed by atoms with van der Waals surface area (Å²) in [7, 11) is 0. The van der Waals surface area contributed by atoms with E-state index in [2.05, 4.69) is 0 Å². The van der Waals surface area contributed by atoms with E-state index in [9.17, 15) is 9.59 Å². The molecule has 0 bridgehead atoms. The fourth-order valence-corrected chi connectivity index (χ4v) is 4.56. The highest BCUT2D eigenvalue weighted by molar-refractivity contribution is 8.03. The Morgan fingerprint density at radius 3 is 2.66 bits per heavy atom. The Morgan fingerprint density at radius 2 is 2.00 bits per heavy atom. The van der Waals surface area contributed by atoms with Crippen molar-refractivity contribution in [2.75, 3.05) is 19.8 Å². The molecule has 0 spiro atoms. The van der Waals surface area contributed by atoms with Crippen molar-refractivity contribution >= 4 is 29.1 Å². The van der Waals surface area contributed by atoms with Crippen LogP contribution in [0.3, 0.4) is 0 Å². The summed E-state index contributed by atoms with van der Waals surface area (Å²) in [6.07, 6.45) is 3.34. The number of carbonyl (C=O) groups is 2. The zero-order valence-electron chi connectivity index (χ0n) is 16.3. The summed E-state index contributed by atoms with van der Waals surface area (Å²) < 4.78 is 16.5. The highest BCUT2D eigenvalue weighted by Crippen LogP contribution is 2.38. The van der Waals surface area contributed by atoms with Gasteiger partial charge in [0.2, 0.25) is 0 Å². The maximum atomic E-state index is 13.2. The van der Waals surface area contributed by atoms with Crippen molar-refractivity contribution in [2.24, 2.45) is 0 Å². The topological polar surface area (TPSA) is 69.0 Å². The molecule has 7 heteroatoms. The lowest BCUT2D eigenvalue weighted by Gasteiger charge is -2.19. The van der Waals surface area contributed by atoms with E-state index in [1.54, 1.807) is 6.26 Å². The van der Waals surface area contributed by atoms with Gasteiger partial charge in [-0.2, -0.15) is 0 Å². The van der Waals surface area contributed by atoms with Crippen molar-refractivity contribution in [3.8, 4) is 5.75 Å². The van der Waals surface area contributed by atoms with Gasteiger partial charge >= 0.3 is 0 Å². The highest BCUT2D eigenvalue weighted by atomic mass is 32.2. The molecule has 2 aliphatic rings. The fraction of sp³-hybridized carbons (Fsp3) is 0.364. The van der Waals surface area contributed by atoms with E-state index in [0.717, 1.165) is 24.4 Å². The summed E-state index contributed by atoms with van der Waals surface area (Å²) in [5.74, 6) is 1.44. The van der Waals surface area contributed by atoms with Gasteiger partial charge in [0.05, 0.1) is 41.7 Å². The van der Waals surface area contributed by atoms with Crippen LogP contribution in [0, 0.1) is 0 Å². The van der Waals surface area contributed by atoms with Crippen LogP contribution in [0.1, 0.15) is 31.1 Å². The first-order valence-corrected chi connectivity index (χ1v) is 10.8. The first-order chi connectivity index (χ1) is 14.2. The molecule has 1 saturated heterocycles. The number of hydrogen-bond acceptors (Lipinski definition) is 6. The number of thioether (sulfide) groups is 1. The zero-order valence-corrected chi connectivity index (χ0v) is 17.1. The molecule has 6 nitrogen and oxygen atoms in total. The number of amides is 2. The summed E-state index contributed by atoms with van der Waals surface area (Å²) in [6, 6.07) is 11.0. The predicted octanol–water partition coefficient (Wildman–Crippen LogP) is 3.87. The van der Waals surface area contributed by atoms with E-state index < -0.39 is 0 Å². The average molecular weight is 413 g/mol. The van der Waals surface area contributed by atoms with Crippen molar-refractivity contribution in [3.05, 3.63) is 58.9 Å². The van der Waals surface area contributed by atoms with Gasteiger partial charge in [0.1, 0.15) is 11.5 Å². The first kappa shape index (κ1) is 19.8. The van der Waals surface area contributed by atoms with Gasteiger partial charge in [0.15, 0.2) is 0 Å². The van der Waals surface area contributed by atoms with Gasteiger partial charge in [-0.3, -0.25) is 14.5 Å². The molecule has 29 heavy (non-hydrogen) atoms. The smallest absolute Gasteiger partial charge is 0.268 e. The number of hydrogen-bond donors (Lipinski definition) is 0. The quantitative estimate of drug-likeness (QED) is 0.612. The van der Waals surface area contributed by atoms with Crippen LogP contribution >= 0.6 is 11.8 Å².